The fourth-order valence-corrected chi connectivity index (χ4v) is 4.16. The second-order valence-electron chi connectivity index (χ2n) is 6.90. The molecule has 0 aliphatic carbocycles. The lowest BCUT2D eigenvalue weighted by Gasteiger charge is -2.29. The standard InChI is InChI=1S/C21H25N3O3S/c1-4-27-20(25)18-16(13-24(3)12-15-9-6-5-8-14(15)2)22-21(26)23-19(18)17-10-7-11-28-17/h5-11,19H,4,12-13H2,1-3H3,(H2,22,23,26)/p+1/t19-/m0/s1. The van der Waals surface area contributed by atoms with Gasteiger partial charge in [0, 0.05) is 10.4 Å². The number of aryl methyl sites for hydroxylation is 1. The SMILES string of the molecule is CCOC(=O)C1=C(C[NH+](C)Cc2ccccc2C)NC(=O)N[C@H]1c1cccs1. The normalized spacial score (nSPS) is 17.7. The maximum Gasteiger partial charge on any atom is 0.338 e. The second-order valence-corrected chi connectivity index (χ2v) is 7.88. The number of likely N-dealkylation sites (N-methyl/N-ethyl adjacent to an activating group) is 1. The summed E-state index contributed by atoms with van der Waals surface area (Å²) < 4.78 is 5.30. The molecule has 7 heteroatoms. The number of quaternary nitrogens is 1. The Morgan fingerprint density at radius 1 is 1.21 bits per heavy atom. The van der Waals surface area contributed by atoms with Crippen molar-refractivity contribution in [1.82, 2.24) is 10.6 Å². The van der Waals surface area contributed by atoms with Crippen LogP contribution in [0.15, 0.2) is 53.0 Å². The monoisotopic (exact) mass is 400 g/mol. The van der Waals surface area contributed by atoms with E-state index in [4.69, 9.17) is 4.74 Å². The molecule has 28 heavy (non-hydrogen) atoms. The zero-order chi connectivity index (χ0) is 20.1. The van der Waals surface area contributed by atoms with E-state index >= 15 is 0 Å². The Morgan fingerprint density at radius 3 is 2.68 bits per heavy atom. The van der Waals surface area contributed by atoms with Gasteiger partial charge in [-0.05, 0) is 30.9 Å². The lowest BCUT2D eigenvalue weighted by molar-refractivity contribution is -0.889. The molecule has 2 amide bonds. The Morgan fingerprint density at radius 2 is 2.00 bits per heavy atom. The van der Waals surface area contributed by atoms with Gasteiger partial charge in [0.25, 0.3) is 0 Å². The molecule has 0 bridgehead atoms. The highest BCUT2D eigenvalue weighted by Crippen LogP contribution is 2.30. The molecular weight excluding hydrogens is 374 g/mol. The van der Waals surface area contributed by atoms with Gasteiger partial charge >= 0.3 is 12.0 Å². The Bertz CT molecular complexity index is 877. The molecule has 3 N–H and O–H groups in total. The predicted octanol–water partition coefficient (Wildman–Crippen LogP) is 1.94. The first-order valence-corrected chi connectivity index (χ1v) is 10.2. The summed E-state index contributed by atoms with van der Waals surface area (Å²) in [5.74, 6) is -0.396. The van der Waals surface area contributed by atoms with Gasteiger partial charge in [0.2, 0.25) is 0 Å². The van der Waals surface area contributed by atoms with E-state index in [9.17, 15) is 9.59 Å². The van der Waals surface area contributed by atoms with E-state index in [2.05, 4.69) is 36.7 Å². The van der Waals surface area contributed by atoms with E-state index in [-0.39, 0.29) is 12.6 Å². The lowest BCUT2D eigenvalue weighted by Crippen LogP contribution is -3.08. The summed E-state index contributed by atoms with van der Waals surface area (Å²) in [7, 11) is 2.05. The summed E-state index contributed by atoms with van der Waals surface area (Å²) >= 11 is 1.50. The maximum absolute atomic E-state index is 12.7. The minimum atomic E-state index is -0.492. The van der Waals surface area contributed by atoms with E-state index in [1.54, 1.807) is 6.92 Å². The molecule has 6 nitrogen and oxygen atoms in total. The van der Waals surface area contributed by atoms with Gasteiger partial charge < -0.3 is 20.3 Å². The summed E-state index contributed by atoms with van der Waals surface area (Å²) in [5.41, 5.74) is 3.57. The van der Waals surface area contributed by atoms with Crippen LogP contribution < -0.4 is 15.5 Å². The number of carbonyl (C=O) groups is 2. The van der Waals surface area contributed by atoms with Crippen molar-refractivity contribution in [3.05, 3.63) is 69.1 Å². The third kappa shape index (κ3) is 4.61. The predicted molar refractivity (Wildman–Crippen MR) is 109 cm³/mol. The van der Waals surface area contributed by atoms with Crippen molar-refractivity contribution in [2.24, 2.45) is 0 Å². The van der Waals surface area contributed by atoms with E-state index < -0.39 is 12.0 Å². The molecule has 1 unspecified atom stereocenters. The Labute approximate surface area is 169 Å². The molecule has 2 atom stereocenters. The number of urea groups is 1. The number of carbonyl (C=O) groups excluding carboxylic acids is 2. The van der Waals surface area contributed by atoms with Gasteiger partial charge in [-0.25, -0.2) is 9.59 Å². The van der Waals surface area contributed by atoms with Crippen molar-refractivity contribution in [3.63, 3.8) is 0 Å². The van der Waals surface area contributed by atoms with Gasteiger partial charge in [0.1, 0.15) is 13.1 Å². The summed E-state index contributed by atoms with van der Waals surface area (Å²) in [6.07, 6.45) is 0. The molecule has 0 saturated heterocycles. The molecule has 1 aromatic carbocycles. The van der Waals surface area contributed by atoms with E-state index in [1.165, 1.54) is 27.4 Å². The van der Waals surface area contributed by atoms with Crippen LogP contribution in [0.2, 0.25) is 0 Å². The highest BCUT2D eigenvalue weighted by molar-refractivity contribution is 7.10. The third-order valence-corrected chi connectivity index (χ3v) is 5.65. The molecule has 148 valence electrons. The van der Waals surface area contributed by atoms with Crippen molar-refractivity contribution in [2.45, 2.75) is 26.4 Å². The van der Waals surface area contributed by atoms with Gasteiger partial charge in [0.05, 0.1) is 31.0 Å². The average Bonchev–Trinajstić information content (AvgIpc) is 3.18. The first-order chi connectivity index (χ1) is 13.5. The van der Waals surface area contributed by atoms with Crippen molar-refractivity contribution < 1.29 is 19.2 Å². The van der Waals surface area contributed by atoms with Crippen LogP contribution in [0.3, 0.4) is 0 Å². The van der Waals surface area contributed by atoms with Crippen LogP contribution in [0.25, 0.3) is 0 Å². The summed E-state index contributed by atoms with van der Waals surface area (Å²) in [6.45, 7) is 5.46. The highest BCUT2D eigenvalue weighted by atomic mass is 32.1. The molecule has 0 saturated carbocycles. The number of hydrogen-bond donors (Lipinski definition) is 3. The number of amides is 2. The quantitative estimate of drug-likeness (QED) is 0.622. The number of nitrogens with one attached hydrogen (secondary N) is 3. The highest BCUT2D eigenvalue weighted by Gasteiger charge is 2.35. The van der Waals surface area contributed by atoms with Crippen LogP contribution >= 0.6 is 11.3 Å². The van der Waals surface area contributed by atoms with Crippen LogP contribution in [0.4, 0.5) is 4.79 Å². The number of hydrogen-bond acceptors (Lipinski definition) is 4. The minimum absolute atomic E-state index is 0.284. The van der Waals surface area contributed by atoms with Crippen LogP contribution in [0.1, 0.15) is 29.0 Å². The van der Waals surface area contributed by atoms with Crippen molar-refractivity contribution in [1.29, 1.82) is 0 Å². The van der Waals surface area contributed by atoms with Gasteiger partial charge in [-0.15, -0.1) is 11.3 Å². The fraction of sp³-hybridized carbons (Fsp3) is 0.333. The average molecular weight is 401 g/mol. The Hall–Kier alpha value is -2.64. The molecule has 0 radical (unpaired) electrons. The van der Waals surface area contributed by atoms with Crippen molar-refractivity contribution in [3.8, 4) is 0 Å². The number of rotatable bonds is 7. The van der Waals surface area contributed by atoms with Crippen molar-refractivity contribution >= 4 is 23.3 Å². The van der Waals surface area contributed by atoms with Crippen LogP contribution in [-0.2, 0) is 16.1 Å². The Kier molecular flexibility index (Phi) is 6.49. The van der Waals surface area contributed by atoms with E-state index in [0.717, 1.165) is 11.4 Å². The molecule has 2 aromatic rings. The summed E-state index contributed by atoms with van der Waals surface area (Å²) in [4.78, 5) is 27.1. The van der Waals surface area contributed by atoms with Crippen molar-refractivity contribution in [2.75, 3.05) is 20.2 Å². The molecule has 1 aliphatic heterocycles. The minimum Gasteiger partial charge on any atom is -0.463 e. The number of thiophene rings is 1. The van der Waals surface area contributed by atoms with Crippen LogP contribution in [0, 0.1) is 6.92 Å². The zero-order valence-electron chi connectivity index (χ0n) is 16.4. The summed E-state index contributed by atoms with van der Waals surface area (Å²) in [5, 5.41) is 7.64. The van der Waals surface area contributed by atoms with E-state index in [0.29, 0.717) is 17.8 Å². The largest absolute Gasteiger partial charge is 0.463 e. The topological polar surface area (TPSA) is 71.9 Å². The molecule has 0 spiro atoms. The fourth-order valence-electron chi connectivity index (χ4n) is 3.37. The number of benzene rings is 1. The third-order valence-electron chi connectivity index (χ3n) is 4.71. The first kappa shape index (κ1) is 20.1. The van der Waals surface area contributed by atoms with Gasteiger partial charge in [-0.2, -0.15) is 0 Å². The molecule has 2 heterocycles. The molecule has 1 aliphatic rings. The smallest absolute Gasteiger partial charge is 0.338 e. The lowest BCUT2D eigenvalue weighted by atomic mass is 10.0. The summed E-state index contributed by atoms with van der Waals surface area (Å²) in [6, 6.07) is 11.3. The number of ether oxygens (including phenoxy) is 1. The van der Waals surface area contributed by atoms with Gasteiger partial charge in [-0.1, -0.05) is 30.3 Å². The second kappa shape index (κ2) is 9.03. The van der Waals surface area contributed by atoms with Crippen LogP contribution in [-0.4, -0.2) is 32.2 Å². The van der Waals surface area contributed by atoms with Gasteiger partial charge in [0.15, 0.2) is 0 Å². The molecular formula is C21H26N3O3S+. The number of esters is 1. The molecule has 0 fully saturated rings. The van der Waals surface area contributed by atoms with Gasteiger partial charge in [-0.3, -0.25) is 0 Å². The first-order valence-electron chi connectivity index (χ1n) is 9.36. The van der Waals surface area contributed by atoms with E-state index in [1.807, 2.05) is 29.6 Å². The molecule has 1 aromatic heterocycles. The Balaban J connectivity index is 1.90. The molecule has 3 rings (SSSR count). The zero-order valence-corrected chi connectivity index (χ0v) is 17.2. The van der Waals surface area contributed by atoms with Crippen LogP contribution in [0.5, 0.6) is 0 Å². The maximum atomic E-state index is 12.7.